The Kier molecular flexibility index (Phi) is 4.76. The number of aromatic nitrogens is 2. The molecule has 0 saturated heterocycles. The molecule has 3 nitrogen and oxygen atoms in total. The van der Waals surface area contributed by atoms with Gasteiger partial charge < -0.3 is 0 Å². The Morgan fingerprint density at radius 2 is 1.95 bits per heavy atom. The molecule has 21 heavy (non-hydrogen) atoms. The summed E-state index contributed by atoms with van der Waals surface area (Å²) < 4.78 is 2.06. The van der Waals surface area contributed by atoms with E-state index in [9.17, 15) is 4.79 Å². The summed E-state index contributed by atoms with van der Waals surface area (Å²) in [6.07, 6.45) is 7.51. The molecule has 1 fully saturated rings. The van der Waals surface area contributed by atoms with Gasteiger partial charge in [0.2, 0.25) is 0 Å². The quantitative estimate of drug-likeness (QED) is 0.759. The molecule has 0 radical (unpaired) electrons. The SMILES string of the molecule is O=C(CSc1ccccc1)Cc1ccn(C2CCCC2)n1. The van der Waals surface area contributed by atoms with Crippen LogP contribution in [0.15, 0.2) is 47.5 Å². The first kappa shape index (κ1) is 14.4. The first-order valence-corrected chi connectivity index (χ1v) is 8.53. The highest BCUT2D eigenvalue weighted by Crippen LogP contribution is 2.28. The van der Waals surface area contributed by atoms with E-state index in [4.69, 9.17) is 0 Å². The van der Waals surface area contributed by atoms with Crippen molar-refractivity contribution in [1.82, 2.24) is 9.78 Å². The fourth-order valence-electron chi connectivity index (χ4n) is 2.78. The third-order valence-electron chi connectivity index (χ3n) is 3.88. The van der Waals surface area contributed by atoms with Gasteiger partial charge in [0.25, 0.3) is 0 Å². The lowest BCUT2D eigenvalue weighted by atomic mass is 10.2. The number of Topliss-reactive ketones (excluding diaryl/α,β-unsaturated/α-hetero) is 1. The third kappa shape index (κ3) is 3.97. The molecule has 0 unspecified atom stereocenters. The highest BCUT2D eigenvalue weighted by molar-refractivity contribution is 8.00. The number of hydrogen-bond donors (Lipinski definition) is 0. The summed E-state index contributed by atoms with van der Waals surface area (Å²) in [5, 5.41) is 4.57. The average Bonchev–Trinajstić information content (AvgIpc) is 3.17. The molecule has 1 heterocycles. The van der Waals surface area contributed by atoms with E-state index in [0.29, 0.717) is 18.2 Å². The van der Waals surface area contributed by atoms with Gasteiger partial charge in [-0.2, -0.15) is 5.10 Å². The van der Waals surface area contributed by atoms with Crippen molar-refractivity contribution in [1.29, 1.82) is 0 Å². The first-order valence-electron chi connectivity index (χ1n) is 7.55. The number of benzene rings is 1. The topological polar surface area (TPSA) is 34.9 Å². The molecular weight excluding hydrogens is 280 g/mol. The number of rotatable bonds is 6. The molecule has 1 aliphatic rings. The Bertz CT molecular complexity index is 588. The molecule has 110 valence electrons. The molecule has 0 aliphatic heterocycles. The summed E-state index contributed by atoms with van der Waals surface area (Å²) in [6.45, 7) is 0. The fraction of sp³-hybridized carbons (Fsp3) is 0.412. The van der Waals surface area contributed by atoms with Gasteiger partial charge in [0.05, 0.1) is 23.9 Å². The minimum absolute atomic E-state index is 0.237. The van der Waals surface area contributed by atoms with Crippen LogP contribution < -0.4 is 0 Å². The Balaban J connectivity index is 1.50. The van der Waals surface area contributed by atoms with Crippen molar-refractivity contribution < 1.29 is 4.79 Å². The minimum Gasteiger partial charge on any atom is -0.298 e. The molecule has 0 N–H and O–H groups in total. The van der Waals surface area contributed by atoms with Crippen molar-refractivity contribution in [2.75, 3.05) is 5.75 Å². The van der Waals surface area contributed by atoms with E-state index in [1.54, 1.807) is 11.8 Å². The van der Waals surface area contributed by atoms with Crippen LogP contribution in [0, 0.1) is 0 Å². The average molecular weight is 300 g/mol. The molecular formula is C17H20N2OS. The molecule has 2 aromatic rings. The first-order chi connectivity index (χ1) is 10.3. The maximum atomic E-state index is 12.0. The lowest BCUT2D eigenvalue weighted by Crippen LogP contribution is -2.09. The summed E-state index contributed by atoms with van der Waals surface area (Å²) in [4.78, 5) is 13.2. The lowest BCUT2D eigenvalue weighted by Gasteiger charge is -2.08. The summed E-state index contributed by atoms with van der Waals surface area (Å²) >= 11 is 1.60. The van der Waals surface area contributed by atoms with Crippen molar-refractivity contribution in [3.63, 3.8) is 0 Å². The fourth-order valence-corrected chi connectivity index (χ4v) is 3.56. The van der Waals surface area contributed by atoms with E-state index in [0.717, 1.165) is 10.6 Å². The maximum Gasteiger partial charge on any atom is 0.149 e. The van der Waals surface area contributed by atoms with E-state index in [-0.39, 0.29) is 5.78 Å². The van der Waals surface area contributed by atoms with Crippen LogP contribution in [0.5, 0.6) is 0 Å². The number of carbonyl (C=O) groups is 1. The van der Waals surface area contributed by atoms with E-state index in [1.807, 2.05) is 42.6 Å². The standard InChI is InChI=1S/C17H20N2OS/c20-16(13-21-17-8-2-1-3-9-17)12-14-10-11-19(18-14)15-6-4-5-7-15/h1-3,8-11,15H,4-7,12-13H2. The molecule has 0 amide bonds. The van der Waals surface area contributed by atoms with Crippen LogP contribution in [0.25, 0.3) is 0 Å². The monoisotopic (exact) mass is 300 g/mol. The predicted molar refractivity (Wildman–Crippen MR) is 85.6 cm³/mol. The van der Waals surface area contributed by atoms with Crippen LogP contribution in [0.1, 0.15) is 37.4 Å². The van der Waals surface area contributed by atoms with Crippen molar-refractivity contribution >= 4 is 17.5 Å². The van der Waals surface area contributed by atoms with Crippen molar-refractivity contribution in [2.45, 2.75) is 43.0 Å². The van der Waals surface area contributed by atoms with E-state index in [2.05, 4.69) is 9.78 Å². The van der Waals surface area contributed by atoms with Crippen LogP contribution in [0.2, 0.25) is 0 Å². The maximum absolute atomic E-state index is 12.0. The van der Waals surface area contributed by atoms with Gasteiger partial charge in [0.15, 0.2) is 0 Å². The Hall–Kier alpha value is -1.55. The highest BCUT2D eigenvalue weighted by Gasteiger charge is 2.18. The molecule has 4 heteroatoms. The van der Waals surface area contributed by atoms with E-state index in [1.165, 1.54) is 25.7 Å². The smallest absolute Gasteiger partial charge is 0.149 e. The molecule has 3 rings (SSSR count). The molecule has 0 atom stereocenters. The van der Waals surface area contributed by atoms with Gasteiger partial charge in [-0.05, 0) is 31.0 Å². The van der Waals surface area contributed by atoms with Crippen molar-refractivity contribution in [3.05, 3.63) is 48.3 Å². The summed E-state index contributed by atoms with van der Waals surface area (Å²) in [7, 11) is 0. The van der Waals surface area contributed by atoms with Crippen LogP contribution in [0.4, 0.5) is 0 Å². The third-order valence-corrected chi connectivity index (χ3v) is 4.96. The van der Waals surface area contributed by atoms with E-state index >= 15 is 0 Å². The predicted octanol–water partition coefficient (Wildman–Crippen LogP) is 3.90. The normalized spacial score (nSPS) is 15.4. The summed E-state index contributed by atoms with van der Waals surface area (Å²) in [5.41, 5.74) is 0.903. The Morgan fingerprint density at radius 3 is 2.71 bits per heavy atom. The van der Waals surface area contributed by atoms with Gasteiger partial charge in [-0.25, -0.2) is 0 Å². The second-order valence-corrected chi connectivity index (χ2v) is 6.59. The number of ketones is 1. The largest absolute Gasteiger partial charge is 0.298 e. The van der Waals surface area contributed by atoms with Gasteiger partial charge in [0.1, 0.15) is 5.78 Å². The van der Waals surface area contributed by atoms with Gasteiger partial charge in [0, 0.05) is 11.1 Å². The minimum atomic E-state index is 0.237. The number of carbonyl (C=O) groups excluding carboxylic acids is 1. The van der Waals surface area contributed by atoms with Crippen LogP contribution in [-0.2, 0) is 11.2 Å². The zero-order valence-electron chi connectivity index (χ0n) is 12.1. The highest BCUT2D eigenvalue weighted by atomic mass is 32.2. The van der Waals surface area contributed by atoms with Gasteiger partial charge in [-0.1, -0.05) is 31.0 Å². The zero-order valence-corrected chi connectivity index (χ0v) is 12.9. The van der Waals surface area contributed by atoms with Crippen LogP contribution in [-0.4, -0.2) is 21.3 Å². The molecule has 1 aromatic heterocycles. The van der Waals surface area contributed by atoms with Gasteiger partial charge in [-0.15, -0.1) is 11.8 Å². The number of thioether (sulfide) groups is 1. The second-order valence-electron chi connectivity index (χ2n) is 5.54. The van der Waals surface area contributed by atoms with Crippen LogP contribution >= 0.6 is 11.8 Å². The molecule has 0 bridgehead atoms. The van der Waals surface area contributed by atoms with Crippen molar-refractivity contribution in [2.24, 2.45) is 0 Å². The summed E-state index contributed by atoms with van der Waals surface area (Å²) in [6, 6.07) is 12.6. The molecule has 1 aliphatic carbocycles. The van der Waals surface area contributed by atoms with E-state index < -0.39 is 0 Å². The molecule has 1 saturated carbocycles. The molecule has 0 spiro atoms. The second kappa shape index (κ2) is 6.94. The zero-order chi connectivity index (χ0) is 14.5. The van der Waals surface area contributed by atoms with Crippen molar-refractivity contribution in [3.8, 4) is 0 Å². The number of nitrogens with zero attached hydrogens (tertiary/aromatic N) is 2. The van der Waals surface area contributed by atoms with Gasteiger partial charge >= 0.3 is 0 Å². The molecule has 1 aromatic carbocycles. The Labute approximate surface area is 129 Å². The summed E-state index contributed by atoms with van der Waals surface area (Å²) in [5.74, 6) is 0.751. The Morgan fingerprint density at radius 1 is 1.19 bits per heavy atom. The number of hydrogen-bond acceptors (Lipinski definition) is 3. The lowest BCUT2D eigenvalue weighted by molar-refractivity contribution is -0.116. The van der Waals surface area contributed by atoms with Gasteiger partial charge in [-0.3, -0.25) is 9.48 Å². The van der Waals surface area contributed by atoms with Crippen LogP contribution in [0.3, 0.4) is 0 Å².